The standard InChI is InChI=1S/C18H30N4O3/c1-5-10-20-17(23)13-22-18(19-6-2)21-12-14(3)25-16-9-7-8-15(11-16)24-4/h7-9,11,14H,5-6,10,12-13H2,1-4H3,(H,20,23)(H2,19,21,22). The van der Waals surface area contributed by atoms with Gasteiger partial charge in [0.2, 0.25) is 5.91 Å². The number of rotatable bonds is 10. The normalized spacial score (nSPS) is 12.2. The first-order chi connectivity index (χ1) is 12.1. The maximum Gasteiger partial charge on any atom is 0.241 e. The van der Waals surface area contributed by atoms with E-state index in [1.165, 1.54) is 0 Å². The molecular formula is C18H30N4O3. The molecule has 0 radical (unpaired) electrons. The first-order valence-electron chi connectivity index (χ1n) is 8.68. The highest BCUT2D eigenvalue weighted by Crippen LogP contribution is 2.19. The van der Waals surface area contributed by atoms with Gasteiger partial charge in [-0.15, -0.1) is 0 Å². The number of carbonyl (C=O) groups is 1. The molecule has 1 amide bonds. The fourth-order valence-corrected chi connectivity index (χ4v) is 2.00. The van der Waals surface area contributed by atoms with Crippen LogP contribution in [0.25, 0.3) is 0 Å². The molecule has 1 rings (SSSR count). The van der Waals surface area contributed by atoms with E-state index in [0.29, 0.717) is 25.6 Å². The highest BCUT2D eigenvalue weighted by atomic mass is 16.5. The summed E-state index contributed by atoms with van der Waals surface area (Å²) < 4.78 is 11.0. The molecular weight excluding hydrogens is 320 g/mol. The predicted molar refractivity (Wildman–Crippen MR) is 100 cm³/mol. The largest absolute Gasteiger partial charge is 0.497 e. The Morgan fingerprint density at radius 3 is 2.64 bits per heavy atom. The third-order valence-electron chi connectivity index (χ3n) is 3.23. The van der Waals surface area contributed by atoms with E-state index in [4.69, 9.17) is 9.47 Å². The Morgan fingerprint density at radius 1 is 1.20 bits per heavy atom. The second kappa shape index (κ2) is 12.0. The van der Waals surface area contributed by atoms with Gasteiger partial charge in [0.25, 0.3) is 0 Å². The molecule has 1 aromatic rings. The van der Waals surface area contributed by atoms with E-state index in [-0.39, 0.29) is 18.6 Å². The summed E-state index contributed by atoms with van der Waals surface area (Å²) in [4.78, 5) is 15.9. The van der Waals surface area contributed by atoms with Crippen molar-refractivity contribution in [2.75, 3.05) is 33.3 Å². The van der Waals surface area contributed by atoms with E-state index >= 15 is 0 Å². The van der Waals surface area contributed by atoms with Crippen molar-refractivity contribution in [2.24, 2.45) is 4.99 Å². The molecule has 7 heteroatoms. The fraction of sp³-hybridized carbons (Fsp3) is 0.556. The topological polar surface area (TPSA) is 84.0 Å². The maximum absolute atomic E-state index is 11.6. The molecule has 0 saturated carbocycles. The molecule has 3 N–H and O–H groups in total. The van der Waals surface area contributed by atoms with E-state index in [0.717, 1.165) is 17.9 Å². The van der Waals surface area contributed by atoms with E-state index in [1.54, 1.807) is 7.11 Å². The smallest absolute Gasteiger partial charge is 0.241 e. The highest BCUT2D eigenvalue weighted by Gasteiger charge is 2.07. The molecule has 0 saturated heterocycles. The van der Waals surface area contributed by atoms with Crippen molar-refractivity contribution >= 4 is 11.9 Å². The lowest BCUT2D eigenvalue weighted by atomic mass is 10.3. The van der Waals surface area contributed by atoms with Crippen LogP contribution >= 0.6 is 0 Å². The number of methoxy groups -OCH3 is 1. The SMILES string of the molecule is CCCNC(=O)CN=C(NCC)NCC(C)Oc1cccc(OC)c1. The first-order valence-corrected chi connectivity index (χ1v) is 8.68. The minimum atomic E-state index is -0.0836. The number of guanidine groups is 1. The number of aliphatic imine (C=N–C) groups is 1. The number of nitrogens with one attached hydrogen (secondary N) is 3. The number of nitrogens with zero attached hydrogens (tertiary/aromatic N) is 1. The van der Waals surface area contributed by atoms with Gasteiger partial charge in [0, 0.05) is 19.2 Å². The van der Waals surface area contributed by atoms with Gasteiger partial charge in [-0.05, 0) is 32.4 Å². The minimum absolute atomic E-state index is 0.0788. The fourth-order valence-electron chi connectivity index (χ4n) is 2.00. The van der Waals surface area contributed by atoms with Crippen molar-refractivity contribution in [3.8, 4) is 11.5 Å². The molecule has 7 nitrogen and oxygen atoms in total. The van der Waals surface area contributed by atoms with Crippen LogP contribution in [0.5, 0.6) is 11.5 Å². The Bertz CT molecular complexity index is 549. The van der Waals surface area contributed by atoms with Gasteiger partial charge in [-0.1, -0.05) is 13.0 Å². The zero-order valence-corrected chi connectivity index (χ0v) is 15.6. The number of ether oxygens (including phenoxy) is 2. The van der Waals surface area contributed by atoms with E-state index in [9.17, 15) is 4.79 Å². The lowest BCUT2D eigenvalue weighted by molar-refractivity contribution is -0.119. The van der Waals surface area contributed by atoms with Gasteiger partial charge in [-0.3, -0.25) is 4.79 Å². The Kier molecular flexibility index (Phi) is 9.89. The number of carbonyl (C=O) groups excluding carboxylic acids is 1. The molecule has 1 atom stereocenters. The number of hydrogen-bond donors (Lipinski definition) is 3. The van der Waals surface area contributed by atoms with Crippen molar-refractivity contribution in [1.29, 1.82) is 0 Å². The molecule has 0 aliphatic heterocycles. The quantitative estimate of drug-likeness (QED) is 0.440. The van der Waals surface area contributed by atoms with Crippen molar-refractivity contribution in [3.05, 3.63) is 24.3 Å². The zero-order chi connectivity index (χ0) is 18.5. The predicted octanol–water partition coefficient (Wildman–Crippen LogP) is 1.54. The highest BCUT2D eigenvalue weighted by molar-refractivity contribution is 5.84. The Morgan fingerprint density at radius 2 is 1.96 bits per heavy atom. The lowest BCUT2D eigenvalue weighted by Crippen LogP contribution is -2.42. The summed E-state index contributed by atoms with van der Waals surface area (Å²) in [5.41, 5.74) is 0. The Balaban J connectivity index is 2.47. The van der Waals surface area contributed by atoms with Crippen molar-refractivity contribution in [3.63, 3.8) is 0 Å². The minimum Gasteiger partial charge on any atom is -0.497 e. The molecule has 1 aromatic carbocycles. The molecule has 0 aliphatic rings. The third-order valence-corrected chi connectivity index (χ3v) is 3.23. The van der Waals surface area contributed by atoms with E-state index in [1.807, 2.05) is 45.0 Å². The van der Waals surface area contributed by atoms with Crippen molar-refractivity contribution < 1.29 is 14.3 Å². The maximum atomic E-state index is 11.6. The van der Waals surface area contributed by atoms with Gasteiger partial charge in [0.15, 0.2) is 5.96 Å². The van der Waals surface area contributed by atoms with Crippen LogP contribution in [0.15, 0.2) is 29.3 Å². The van der Waals surface area contributed by atoms with Gasteiger partial charge in [-0.25, -0.2) is 4.99 Å². The summed E-state index contributed by atoms with van der Waals surface area (Å²) in [6.45, 7) is 7.99. The van der Waals surface area contributed by atoms with Crippen LogP contribution in [0.3, 0.4) is 0 Å². The lowest BCUT2D eigenvalue weighted by Gasteiger charge is -2.18. The van der Waals surface area contributed by atoms with Crippen LogP contribution in [0.4, 0.5) is 0 Å². The van der Waals surface area contributed by atoms with Gasteiger partial charge >= 0.3 is 0 Å². The molecule has 0 heterocycles. The Labute approximate surface area is 150 Å². The molecule has 0 fully saturated rings. The molecule has 1 unspecified atom stereocenters. The zero-order valence-electron chi connectivity index (χ0n) is 15.6. The molecule has 140 valence electrons. The molecule has 0 aliphatic carbocycles. The number of benzene rings is 1. The average molecular weight is 350 g/mol. The van der Waals surface area contributed by atoms with Crippen LogP contribution < -0.4 is 25.4 Å². The van der Waals surface area contributed by atoms with Gasteiger partial charge in [0.05, 0.1) is 13.7 Å². The van der Waals surface area contributed by atoms with Crippen LogP contribution in [0, 0.1) is 0 Å². The van der Waals surface area contributed by atoms with Crippen LogP contribution in [-0.4, -0.2) is 51.3 Å². The summed E-state index contributed by atoms with van der Waals surface area (Å²) in [6.07, 6.45) is 0.831. The summed E-state index contributed by atoms with van der Waals surface area (Å²) in [7, 11) is 1.62. The third kappa shape index (κ3) is 8.83. The summed E-state index contributed by atoms with van der Waals surface area (Å²) >= 11 is 0. The van der Waals surface area contributed by atoms with E-state index in [2.05, 4.69) is 20.9 Å². The van der Waals surface area contributed by atoms with Gasteiger partial charge < -0.3 is 25.4 Å². The molecule has 0 bridgehead atoms. The van der Waals surface area contributed by atoms with Crippen LogP contribution in [0.1, 0.15) is 27.2 Å². The van der Waals surface area contributed by atoms with Gasteiger partial charge in [-0.2, -0.15) is 0 Å². The number of amides is 1. The Hall–Kier alpha value is -2.44. The number of hydrogen-bond acceptors (Lipinski definition) is 4. The molecule has 25 heavy (non-hydrogen) atoms. The molecule has 0 spiro atoms. The first kappa shape index (κ1) is 20.6. The van der Waals surface area contributed by atoms with Crippen LogP contribution in [0.2, 0.25) is 0 Å². The monoisotopic (exact) mass is 350 g/mol. The van der Waals surface area contributed by atoms with Crippen LogP contribution in [-0.2, 0) is 4.79 Å². The molecule has 0 aromatic heterocycles. The second-order valence-electron chi connectivity index (χ2n) is 5.53. The van der Waals surface area contributed by atoms with Crippen molar-refractivity contribution in [2.45, 2.75) is 33.3 Å². The summed E-state index contributed by atoms with van der Waals surface area (Å²) in [6, 6.07) is 7.48. The summed E-state index contributed by atoms with van der Waals surface area (Å²) in [5, 5.41) is 9.10. The van der Waals surface area contributed by atoms with Crippen molar-refractivity contribution in [1.82, 2.24) is 16.0 Å². The van der Waals surface area contributed by atoms with Gasteiger partial charge in [0.1, 0.15) is 24.1 Å². The summed E-state index contributed by atoms with van der Waals surface area (Å²) in [5.74, 6) is 2.01. The second-order valence-corrected chi connectivity index (χ2v) is 5.53. The average Bonchev–Trinajstić information content (AvgIpc) is 2.62. The van der Waals surface area contributed by atoms with E-state index < -0.39 is 0 Å².